The molecule has 0 atom stereocenters. The molecular weight excluding hydrogens is 421 g/mol. The average Bonchev–Trinajstić information content (AvgIpc) is 2.39. The number of unbranched alkanes of at least 4 members (excludes halogenated alkanes) is 2. The molecule has 15 heteroatoms. The van der Waals surface area contributed by atoms with E-state index >= 15 is 0 Å². The first-order chi connectivity index (χ1) is 11.2. The van der Waals surface area contributed by atoms with E-state index < -0.39 is 65.9 Å². The molecule has 26 heavy (non-hydrogen) atoms. The Kier molecular flexibility index (Phi) is 7.38. The van der Waals surface area contributed by atoms with Crippen molar-refractivity contribution >= 4 is 10.1 Å². The third kappa shape index (κ3) is 5.33. The van der Waals surface area contributed by atoms with Crippen LogP contribution < -0.4 is 0 Å². The summed E-state index contributed by atoms with van der Waals surface area (Å²) in [4.78, 5) is 0. The van der Waals surface area contributed by atoms with Crippen molar-refractivity contribution in [3.8, 4) is 0 Å². The second kappa shape index (κ2) is 7.64. The molecule has 0 heterocycles. The van der Waals surface area contributed by atoms with Gasteiger partial charge in [0.25, 0.3) is 10.1 Å². The monoisotopic (exact) mass is 434 g/mol. The summed E-state index contributed by atoms with van der Waals surface area (Å²) >= 11 is 0. The average molecular weight is 434 g/mol. The third-order valence-electron chi connectivity index (χ3n) is 3.04. The SMILES string of the molecule is CS(=O)(=O)OCCCCCC(F)(F)C(F)(F)C(F)(F)C(F)(F)C(F)(F)F. The van der Waals surface area contributed by atoms with E-state index in [0.717, 1.165) is 0 Å². The fourth-order valence-electron chi connectivity index (χ4n) is 1.60. The van der Waals surface area contributed by atoms with E-state index in [-0.39, 0.29) is 6.42 Å². The number of hydrogen-bond acceptors (Lipinski definition) is 3. The quantitative estimate of drug-likeness (QED) is 0.286. The molecule has 0 spiro atoms. The Labute approximate surface area is 140 Å². The Hall–Kier alpha value is -0.860. The Balaban J connectivity index is 5.04. The molecule has 0 aromatic carbocycles. The zero-order valence-electron chi connectivity index (χ0n) is 12.8. The molecule has 0 N–H and O–H groups in total. The van der Waals surface area contributed by atoms with E-state index in [4.69, 9.17) is 0 Å². The van der Waals surface area contributed by atoms with Gasteiger partial charge in [0.1, 0.15) is 0 Å². The Bertz CT molecular complexity index is 568. The van der Waals surface area contributed by atoms with Gasteiger partial charge in [-0.15, -0.1) is 0 Å². The minimum Gasteiger partial charge on any atom is -0.270 e. The summed E-state index contributed by atoms with van der Waals surface area (Å²) in [7, 11) is -3.87. The minimum absolute atomic E-state index is 0.302. The number of rotatable bonds is 10. The molecule has 0 saturated carbocycles. The van der Waals surface area contributed by atoms with Crippen molar-refractivity contribution in [1.82, 2.24) is 0 Å². The lowest BCUT2D eigenvalue weighted by Crippen LogP contribution is -2.66. The first-order valence-corrected chi connectivity index (χ1v) is 8.45. The van der Waals surface area contributed by atoms with Crippen molar-refractivity contribution in [3.63, 3.8) is 0 Å². The lowest BCUT2D eigenvalue weighted by molar-refractivity contribution is -0.422. The van der Waals surface area contributed by atoms with Crippen LogP contribution in [-0.2, 0) is 14.3 Å². The van der Waals surface area contributed by atoms with Gasteiger partial charge in [0.15, 0.2) is 0 Å². The molecule has 0 aromatic heterocycles. The summed E-state index contributed by atoms with van der Waals surface area (Å²) in [6.07, 6.45) is -10.4. The zero-order valence-corrected chi connectivity index (χ0v) is 13.6. The van der Waals surface area contributed by atoms with E-state index in [1.54, 1.807) is 0 Å². The van der Waals surface area contributed by atoms with Gasteiger partial charge in [-0.05, 0) is 12.8 Å². The predicted molar refractivity (Wildman–Crippen MR) is 65.1 cm³/mol. The second-order valence-corrected chi connectivity index (χ2v) is 6.91. The lowest BCUT2D eigenvalue weighted by Gasteiger charge is -2.37. The molecule has 0 aliphatic heterocycles. The maximum Gasteiger partial charge on any atom is 0.460 e. The Morgan fingerprint density at radius 3 is 1.54 bits per heavy atom. The maximum atomic E-state index is 13.3. The van der Waals surface area contributed by atoms with E-state index in [0.29, 0.717) is 6.26 Å². The summed E-state index contributed by atoms with van der Waals surface area (Å²) < 4.78 is 165. The highest BCUT2D eigenvalue weighted by Gasteiger charge is 2.86. The van der Waals surface area contributed by atoms with Crippen molar-refractivity contribution in [2.75, 3.05) is 12.9 Å². The van der Waals surface area contributed by atoms with Gasteiger partial charge >= 0.3 is 29.9 Å². The van der Waals surface area contributed by atoms with Gasteiger partial charge < -0.3 is 0 Å². The molecule has 0 radical (unpaired) electrons. The van der Waals surface area contributed by atoms with Crippen LogP contribution >= 0.6 is 0 Å². The molecular formula is C11H13F11O3S. The number of alkyl halides is 11. The van der Waals surface area contributed by atoms with Crippen LogP contribution in [0.4, 0.5) is 48.3 Å². The van der Waals surface area contributed by atoms with E-state index in [2.05, 4.69) is 4.18 Å². The van der Waals surface area contributed by atoms with Crippen LogP contribution in [0.5, 0.6) is 0 Å². The topological polar surface area (TPSA) is 43.4 Å². The van der Waals surface area contributed by atoms with Gasteiger partial charge in [-0.25, -0.2) is 0 Å². The van der Waals surface area contributed by atoms with Gasteiger partial charge in [0, 0.05) is 6.42 Å². The largest absolute Gasteiger partial charge is 0.460 e. The molecule has 0 unspecified atom stereocenters. The van der Waals surface area contributed by atoms with E-state index in [1.807, 2.05) is 0 Å². The van der Waals surface area contributed by atoms with Crippen molar-refractivity contribution in [2.24, 2.45) is 0 Å². The molecule has 158 valence electrons. The molecule has 0 amide bonds. The van der Waals surface area contributed by atoms with Crippen LogP contribution in [0.3, 0.4) is 0 Å². The molecule has 3 nitrogen and oxygen atoms in total. The van der Waals surface area contributed by atoms with Crippen LogP contribution in [0.2, 0.25) is 0 Å². The molecule has 0 aromatic rings. The molecule has 0 saturated heterocycles. The van der Waals surface area contributed by atoms with Gasteiger partial charge in [-0.1, -0.05) is 6.42 Å². The van der Waals surface area contributed by atoms with E-state index in [1.165, 1.54) is 0 Å². The Morgan fingerprint density at radius 1 is 0.692 bits per heavy atom. The smallest absolute Gasteiger partial charge is 0.270 e. The lowest BCUT2D eigenvalue weighted by atomic mass is 9.94. The summed E-state index contributed by atoms with van der Waals surface area (Å²) in [5.74, 6) is -27.7. The van der Waals surface area contributed by atoms with E-state index in [9.17, 15) is 56.7 Å². The van der Waals surface area contributed by atoms with Gasteiger partial charge in [0.05, 0.1) is 12.9 Å². The van der Waals surface area contributed by atoms with Crippen LogP contribution in [0.1, 0.15) is 25.7 Å². The van der Waals surface area contributed by atoms with Crippen molar-refractivity contribution in [2.45, 2.75) is 55.5 Å². The van der Waals surface area contributed by atoms with Crippen molar-refractivity contribution in [3.05, 3.63) is 0 Å². The first kappa shape index (κ1) is 25.1. The minimum atomic E-state index is -7.40. The van der Waals surface area contributed by atoms with Crippen molar-refractivity contribution < 1.29 is 60.9 Å². The van der Waals surface area contributed by atoms with Gasteiger partial charge in [0.2, 0.25) is 0 Å². The van der Waals surface area contributed by atoms with Crippen LogP contribution in [-0.4, -0.2) is 51.1 Å². The van der Waals surface area contributed by atoms with Crippen molar-refractivity contribution in [1.29, 1.82) is 0 Å². The molecule has 0 bridgehead atoms. The maximum absolute atomic E-state index is 13.3. The molecule has 0 aliphatic rings. The van der Waals surface area contributed by atoms with Crippen LogP contribution in [0, 0.1) is 0 Å². The highest BCUT2D eigenvalue weighted by atomic mass is 32.2. The first-order valence-electron chi connectivity index (χ1n) is 6.63. The third-order valence-corrected chi connectivity index (χ3v) is 3.63. The standard InChI is InChI=1S/C11H13F11O3S/c1-26(23,24)25-6-4-2-3-5-7(12,13)8(14,15)9(16,17)10(18,19)11(20,21)22/h2-6H2,1H3. The summed E-state index contributed by atoms with van der Waals surface area (Å²) in [6, 6.07) is 0. The van der Waals surface area contributed by atoms with Gasteiger partial charge in [-0.2, -0.15) is 56.7 Å². The Morgan fingerprint density at radius 2 is 1.15 bits per heavy atom. The molecule has 0 fully saturated rings. The summed E-state index contributed by atoms with van der Waals surface area (Å²) in [5, 5.41) is 0. The summed E-state index contributed by atoms with van der Waals surface area (Å²) in [6.45, 7) is -0.552. The normalized spacial score (nSPS) is 15.4. The highest BCUT2D eigenvalue weighted by molar-refractivity contribution is 7.85. The highest BCUT2D eigenvalue weighted by Crippen LogP contribution is 2.58. The fourth-order valence-corrected chi connectivity index (χ4v) is 2.02. The second-order valence-electron chi connectivity index (χ2n) is 5.26. The van der Waals surface area contributed by atoms with Crippen LogP contribution in [0.25, 0.3) is 0 Å². The number of halogens is 11. The summed E-state index contributed by atoms with van der Waals surface area (Å²) in [5.41, 5.74) is 0. The molecule has 0 aliphatic carbocycles. The van der Waals surface area contributed by atoms with Gasteiger partial charge in [-0.3, -0.25) is 4.18 Å². The number of hydrogen-bond donors (Lipinski definition) is 0. The zero-order chi connectivity index (χ0) is 21.2. The fraction of sp³-hybridized carbons (Fsp3) is 1.00. The predicted octanol–water partition coefficient (Wildman–Crippen LogP) is 4.63. The molecule has 0 rings (SSSR count). The van der Waals surface area contributed by atoms with Crippen LogP contribution in [0.15, 0.2) is 0 Å².